The van der Waals surface area contributed by atoms with Gasteiger partial charge in [0.05, 0.1) is 0 Å². The summed E-state index contributed by atoms with van der Waals surface area (Å²) in [5, 5.41) is 37.7. The Morgan fingerprint density at radius 1 is 0.800 bits per heavy atom. The summed E-state index contributed by atoms with van der Waals surface area (Å²) < 4.78 is 5.52. The summed E-state index contributed by atoms with van der Waals surface area (Å²) in [6.45, 7) is 0. The Morgan fingerprint density at radius 2 is 1.48 bits per heavy atom. The van der Waals surface area contributed by atoms with E-state index >= 15 is 0 Å². The van der Waals surface area contributed by atoms with Crippen LogP contribution in [-0.4, -0.2) is 34.6 Å². The van der Waals surface area contributed by atoms with Gasteiger partial charge >= 0.3 is 0 Å². The summed E-state index contributed by atoms with van der Waals surface area (Å²) in [5.74, 6) is 0. The van der Waals surface area contributed by atoms with E-state index in [-0.39, 0.29) is 0 Å². The zero-order chi connectivity index (χ0) is 17.3. The van der Waals surface area contributed by atoms with Crippen LogP contribution in [-0.2, 0) is 4.74 Å². The number of methoxy groups -OCH3 is 1. The highest BCUT2D eigenvalue weighted by Crippen LogP contribution is 2.46. The maximum absolute atomic E-state index is 10.5. The first-order valence-electron chi connectivity index (χ1n) is 8.39. The molecule has 1 aliphatic rings. The monoisotopic (exact) mass is 334 g/mol. The van der Waals surface area contributed by atoms with Gasteiger partial charge in [0.2, 0.25) is 0 Å². The van der Waals surface area contributed by atoms with Crippen LogP contribution >= 0.6 is 0 Å². The first kappa shape index (κ1) is 15.0. The van der Waals surface area contributed by atoms with Crippen LogP contribution < -0.4 is 0 Å². The lowest BCUT2D eigenvalue weighted by Crippen LogP contribution is -2.42. The molecule has 0 saturated heterocycles. The minimum absolute atomic E-state index is 0.621. The third-order valence-electron chi connectivity index (χ3n) is 5.56. The average Bonchev–Trinajstić information content (AvgIpc) is 2.65. The molecule has 126 valence electrons. The SMILES string of the molecule is CO[C@@H]1c2c(cc3ccc4cccc5ccc2c3c45)[C@@H](O)[C@H](O)[C@@H]1O. The van der Waals surface area contributed by atoms with Crippen LogP contribution in [0.4, 0.5) is 0 Å². The summed E-state index contributed by atoms with van der Waals surface area (Å²) in [5.41, 5.74) is 1.38. The number of aliphatic hydroxyl groups excluding tert-OH is 3. The molecule has 4 aromatic rings. The summed E-state index contributed by atoms with van der Waals surface area (Å²) in [4.78, 5) is 0. The summed E-state index contributed by atoms with van der Waals surface area (Å²) >= 11 is 0. The van der Waals surface area contributed by atoms with Gasteiger partial charge in [0.15, 0.2) is 0 Å². The van der Waals surface area contributed by atoms with Crippen molar-refractivity contribution in [1.29, 1.82) is 0 Å². The van der Waals surface area contributed by atoms with Crippen molar-refractivity contribution in [2.45, 2.75) is 24.4 Å². The highest BCUT2D eigenvalue weighted by molar-refractivity contribution is 6.23. The Hall–Kier alpha value is -2.24. The van der Waals surface area contributed by atoms with Gasteiger partial charge in [0.25, 0.3) is 0 Å². The summed E-state index contributed by atoms with van der Waals surface area (Å²) in [7, 11) is 1.51. The maximum Gasteiger partial charge on any atom is 0.113 e. The van der Waals surface area contributed by atoms with E-state index in [1.807, 2.05) is 24.3 Å². The van der Waals surface area contributed by atoms with E-state index in [1.165, 1.54) is 12.5 Å². The maximum atomic E-state index is 10.5. The fourth-order valence-corrected chi connectivity index (χ4v) is 4.39. The topological polar surface area (TPSA) is 69.9 Å². The predicted molar refractivity (Wildman–Crippen MR) is 96.9 cm³/mol. The van der Waals surface area contributed by atoms with E-state index in [4.69, 9.17) is 4.74 Å². The van der Waals surface area contributed by atoms with E-state index in [1.54, 1.807) is 0 Å². The minimum Gasteiger partial charge on any atom is -0.387 e. The molecular formula is C21H18O4. The number of hydrogen-bond donors (Lipinski definition) is 3. The molecule has 0 saturated carbocycles. The van der Waals surface area contributed by atoms with E-state index in [0.29, 0.717) is 5.56 Å². The quantitative estimate of drug-likeness (QED) is 0.468. The molecule has 0 heterocycles. The molecule has 4 heteroatoms. The number of hydrogen-bond acceptors (Lipinski definition) is 4. The Bertz CT molecular complexity index is 1090. The molecule has 0 fully saturated rings. The largest absolute Gasteiger partial charge is 0.387 e. The Labute approximate surface area is 144 Å². The molecule has 0 spiro atoms. The number of aliphatic hydroxyl groups is 3. The lowest BCUT2D eigenvalue weighted by Gasteiger charge is -2.37. The Morgan fingerprint density at radius 3 is 2.20 bits per heavy atom. The predicted octanol–water partition coefficient (Wildman–Crippen LogP) is 3.04. The van der Waals surface area contributed by atoms with Gasteiger partial charge in [0, 0.05) is 7.11 Å². The van der Waals surface area contributed by atoms with Crippen molar-refractivity contribution in [3.05, 3.63) is 59.7 Å². The van der Waals surface area contributed by atoms with Crippen molar-refractivity contribution in [2.24, 2.45) is 0 Å². The van der Waals surface area contributed by atoms with Crippen LogP contribution in [0.5, 0.6) is 0 Å². The highest BCUT2D eigenvalue weighted by Gasteiger charge is 2.42. The second-order valence-corrected chi connectivity index (χ2v) is 6.82. The van der Waals surface area contributed by atoms with E-state index in [9.17, 15) is 15.3 Å². The van der Waals surface area contributed by atoms with Crippen LogP contribution in [0.25, 0.3) is 32.3 Å². The minimum atomic E-state index is -1.27. The smallest absolute Gasteiger partial charge is 0.113 e. The van der Waals surface area contributed by atoms with Crippen LogP contribution in [0, 0.1) is 0 Å². The van der Waals surface area contributed by atoms with Crippen LogP contribution in [0.2, 0.25) is 0 Å². The van der Waals surface area contributed by atoms with E-state index < -0.39 is 24.4 Å². The standard InChI is InChI=1S/C21H18O4/c1-25-21-17-13-8-7-11-4-2-3-10-5-6-12(16(13)15(10)11)9-14(17)18(22)19(23)20(21)24/h2-9,18-24H,1H3/t18-,19+,20+,21-/m1/s1. The first-order chi connectivity index (χ1) is 12.1. The number of ether oxygens (including phenoxy) is 1. The molecule has 4 aromatic carbocycles. The van der Waals surface area contributed by atoms with Gasteiger partial charge in [-0.2, -0.15) is 0 Å². The molecule has 0 radical (unpaired) electrons. The van der Waals surface area contributed by atoms with Gasteiger partial charge in [-0.25, -0.2) is 0 Å². The van der Waals surface area contributed by atoms with Gasteiger partial charge in [-0.15, -0.1) is 0 Å². The van der Waals surface area contributed by atoms with Crippen molar-refractivity contribution in [3.8, 4) is 0 Å². The van der Waals surface area contributed by atoms with Gasteiger partial charge in [-0.3, -0.25) is 0 Å². The van der Waals surface area contributed by atoms with Crippen molar-refractivity contribution < 1.29 is 20.1 Å². The molecular weight excluding hydrogens is 316 g/mol. The molecule has 25 heavy (non-hydrogen) atoms. The molecule has 0 aliphatic heterocycles. The lowest BCUT2D eigenvalue weighted by molar-refractivity contribution is -0.129. The van der Waals surface area contributed by atoms with Crippen molar-refractivity contribution in [3.63, 3.8) is 0 Å². The number of fused-ring (bicyclic) bond motifs is 2. The normalized spacial score (nSPS) is 26.6. The van der Waals surface area contributed by atoms with Gasteiger partial charge in [-0.1, -0.05) is 42.5 Å². The summed E-state index contributed by atoms with van der Waals surface area (Å²) in [6.07, 6.45) is -4.27. The molecule has 0 bridgehead atoms. The number of rotatable bonds is 1. The Kier molecular flexibility index (Phi) is 3.09. The van der Waals surface area contributed by atoms with Crippen LogP contribution in [0.3, 0.4) is 0 Å². The molecule has 1 aliphatic carbocycles. The third kappa shape index (κ3) is 1.85. The zero-order valence-electron chi connectivity index (χ0n) is 13.7. The van der Waals surface area contributed by atoms with Crippen LogP contribution in [0.1, 0.15) is 23.3 Å². The Balaban J connectivity index is 1.99. The van der Waals surface area contributed by atoms with Gasteiger partial charge in [-0.05, 0) is 49.5 Å². The van der Waals surface area contributed by atoms with Gasteiger partial charge in [0.1, 0.15) is 24.4 Å². The van der Waals surface area contributed by atoms with Crippen LogP contribution in [0.15, 0.2) is 48.5 Å². The van der Waals surface area contributed by atoms with E-state index in [0.717, 1.165) is 32.5 Å². The van der Waals surface area contributed by atoms with E-state index in [2.05, 4.69) is 24.3 Å². The fourth-order valence-electron chi connectivity index (χ4n) is 4.39. The molecule has 0 unspecified atom stereocenters. The van der Waals surface area contributed by atoms with Crippen molar-refractivity contribution >= 4 is 32.3 Å². The molecule has 5 rings (SSSR count). The second kappa shape index (κ2) is 5.13. The first-order valence-corrected chi connectivity index (χ1v) is 8.39. The molecule has 4 atom stereocenters. The van der Waals surface area contributed by atoms with Gasteiger partial charge < -0.3 is 20.1 Å². The van der Waals surface area contributed by atoms with Crippen molar-refractivity contribution in [2.75, 3.05) is 7.11 Å². The third-order valence-corrected chi connectivity index (χ3v) is 5.56. The molecule has 4 nitrogen and oxygen atoms in total. The highest BCUT2D eigenvalue weighted by atomic mass is 16.5. The molecule has 0 amide bonds. The second-order valence-electron chi connectivity index (χ2n) is 6.82. The molecule has 3 N–H and O–H groups in total. The average molecular weight is 334 g/mol. The summed E-state index contributed by atoms with van der Waals surface area (Å²) in [6, 6.07) is 16.3. The van der Waals surface area contributed by atoms with Crippen molar-refractivity contribution in [1.82, 2.24) is 0 Å². The number of benzene rings is 4. The molecule has 0 aromatic heterocycles. The lowest BCUT2D eigenvalue weighted by atomic mass is 9.78. The fraction of sp³-hybridized carbons (Fsp3) is 0.238. The zero-order valence-corrected chi connectivity index (χ0v) is 13.7.